The van der Waals surface area contributed by atoms with Gasteiger partial charge in [-0.15, -0.1) is 11.3 Å². The van der Waals surface area contributed by atoms with Crippen LogP contribution in [0.15, 0.2) is 70.9 Å². The minimum absolute atomic E-state index is 0.0620. The average Bonchev–Trinajstić information content (AvgIpc) is 3.47. The highest BCUT2D eigenvalue weighted by molar-refractivity contribution is 7.92. The molecule has 0 saturated carbocycles. The van der Waals surface area contributed by atoms with Crippen molar-refractivity contribution in [1.82, 2.24) is 4.90 Å². The van der Waals surface area contributed by atoms with E-state index in [2.05, 4.69) is 10.0 Å². The lowest BCUT2D eigenvalue weighted by molar-refractivity contribution is -0.119. The molecule has 3 aromatic rings. The summed E-state index contributed by atoms with van der Waals surface area (Å²) >= 11 is 1.34. The summed E-state index contributed by atoms with van der Waals surface area (Å²) in [7, 11) is -3.86. The molecule has 1 fully saturated rings. The minimum atomic E-state index is -3.86. The summed E-state index contributed by atoms with van der Waals surface area (Å²) in [5.74, 6) is -0.961. The van der Waals surface area contributed by atoms with Gasteiger partial charge in [-0.1, -0.05) is 6.07 Å². The predicted octanol–water partition coefficient (Wildman–Crippen LogP) is 3.93. The van der Waals surface area contributed by atoms with Crippen molar-refractivity contribution in [1.29, 1.82) is 0 Å². The summed E-state index contributed by atoms with van der Waals surface area (Å²) < 4.78 is 40.3. The van der Waals surface area contributed by atoms with Crippen LogP contribution in [0.5, 0.6) is 0 Å². The Labute approximate surface area is 188 Å². The van der Waals surface area contributed by atoms with E-state index in [0.717, 1.165) is 18.6 Å². The van der Waals surface area contributed by atoms with Gasteiger partial charge in [0.15, 0.2) is 0 Å². The highest BCUT2D eigenvalue weighted by Crippen LogP contribution is 2.24. The van der Waals surface area contributed by atoms with Crippen LogP contribution in [0, 0.1) is 5.82 Å². The molecule has 0 unspecified atom stereocenters. The van der Waals surface area contributed by atoms with Gasteiger partial charge in [-0.05, 0) is 72.8 Å². The van der Waals surface area contributed by atoms with E-state index in [1.807, 2.05) is 5.38 Å². The van der Waals surface area contributed by atoms with E-state index >= 15 is 0 Å². The Morgan fingerprint density at radius 3 is 2.34 bits per heavy atom. The van der Waals surface area contributed by atoms with E-state index in [4.69, 9.17) is 0 Å². The molecule has 166 valence electrons. The summed E-state index contributed by atoms with van der Waals surface area (Å²) in [6.45, 7) is 0.527. The zero-order valence-electron chi connectivity index (χ0n) is 16.8. The van der Waals surface area contributed by atoms with Crippen LogP contribution in [0.3, 0.4) is 0 Å². The number of halogens is 1. The molecule has 1 saturated heterocycles. The van der Waals surface area contributed by atoms with Crippen LogP contribution >= 0.6 is 11.3 Å². The molecule has 2 heterocycles. The number of hydrogen-bond acceptors (Lipinski definition) is 5. The fourth-order valence-corrected chi connectivity index (χ4v) is 5.24. The summed E-state index contributed by atoms with van der Waals surface area (Å²) in [6.07, 6.45) is 1.33. The zero-order valence-corrected chi connectivity index (χ0v) is 18.5. The van der Waals surface area contributed by atoms with Crippen molar-refractivity contribution >= 4 is 44.5 Å². The van der Waals surface area contributed by atoms with E-state index in [1.165, 1.54) is 35.6 Å². The van der Waals surface area contributed by atoms with E-state index < -0.39 is 21.9 Å². The third kappa shape index (κ3) is 4.81. The highest BCUT2D eigenvalue weighted by atomic mass is 32.2. The third-order valence-electron chi connectivity index (χ3n) is 5.08. The molecule has 1 aromatic heterocycles. The van der Waals surface area contributed by atoms with E-state index in [0.29, 0.717) is 29.2 Å². The van der Waals surface area contributed by atoms with Gasteiger partial charge in [0.05, 0.1) is 9.77 Å². The number of carbonyl (C=O) groups excluding carboxylic acids is 2. The normalized spacial score (nSPS) is 16.0. The molecular weight excluding hydrogens is 453 g/mol. The van der Waals surface area contributed by atoms with Crippen LogP contribution in [0.2, 0.25) is 0 Å². The number of amides is 2. The smallest absolute Gasteiger partial charge is 0.264 e. The van der Waals surface area contributed by atoms with Crippen molar-refractivity contribution in [2.75, 3.05) is 16.6 Å². The maximum atomic E-state index is 13.0. The van der Waals surface area contributed by atoms with Gasteiger partial charge < -0.3 is 10.2 Å². The Hall–Kier alpha value is -3.24. The first-order valence-corrected chi connectivity index (χ1v) is 12.2. The fraction of sp³-hybridized carbons (Fsp3) is 0.182. The number of nitrogens with zero attached hydrogens (tertiary/aromatic N) is 1. The molecule has 0 bridgehead atoms. The molecule has 1 atom stereocenters. The minimum Gasteiger partial charge on any atom is -0.326 e. The molecule has 4 rings (SSSR count). The molecule has 1 aliphatic heterocycles. The Morgan fingerprint density at radius 2 is 1.69 bits per heavy atom. The molecule has 1 aliphatic rings. The van der Waals surface area contributed by atoms with Crippen molar-refractivity contribution < 1.29 is 22.4 Å². The molecule has 32 heavy (non-hydrogen) atoms. The van der Waals surface area contributed by atoms with Gasteiger partial charge >= 0.3 is 0 Å². The van der Waals surface area contributed by atoms with Gasteiger partial charge in [-0.3, -0.25) is 14.3 Å². The third-order valence-corrected chi connectivity index (χ3v) is 7.33. The largest absolute Gasteiger partial charge is 0.326 e. The number of nitrogens with one attached hydrogen (secondary N) is 2. The maximum absolute atomic E-state index is 13.0. The van der Waals surface area contributed by atoms with E-state index in [-0.39, 0.29) is 16.7 Å². The van der Waals surface area contributed by atoms with Crippen LogP contribution in [0.1, 0.15) is 22.5 Å². The SMILES string of the molecule is O=C(Nc1ccc(NS(=O)(=O)c2ccc(F)cc2)cc1)[C@H]1CCCN1C(=O)c1cccs1. The number of likely N-dealkylation sites (tertiary alicyclic amines) is 1. The highest BCUT2D eigenvalue weighted by Gasteiger charge is 2.34. The summed E-state index contributed by atoms with van der Waals surface area (Å²) in [4.78, 5) is 27.6. The summed E-state index contributed by atoms with van der Waals surface area (Å²) in [5.41, 5.74) is 0.776. The van der Waals surface area contributed by atoms with E-state index in [9.17, 15) is 22.4 Å². The van der Waals surface area contributed by atoms with Crippen molar-refractivity contribution in [2.24, 2.45) is 0 Å². The van der Waals surface area contributed by atoms with Crippen LogP contribution in [-0.2, 0) is 14.8 Å². The number of thiophene rings is 1. The molecule has 2 amide bonds. The van der Waals surface area contributed by atoms with E-state index in [1.54, 1.807) is 29.2 Å². The van der Waals surface area contributed by atoms with Gasteiger partial charge in [0.1, 0.15) is 11.9 Å². The summed E-state index contributed by atoms with van der Waals surface area (Å²) in [5, 5.41) is 4.62. The van der Waals surface area contributed by atoms with Crippen LogP contribution in [0.25, 0.3) is 0 Å². The Kier molecular flexibility index (Phi) is 6.24. The molecule has 7 nitrogen and oxygen atoms in total. The lowest BCUT2D eigenvalue weighted by Crippen LogP contribution is -2.42. The second-order valence-corrected chi connectivity index (χ2v) is 9.89. The lowest BCUT2D eigenvalue weighted by atomic mass is 10.2. The molecule has 2 N–H and O–H groups in total. The lowest BCUT2D eigenvalue weighted by Gasteiger charge is -2.23. The van der Waals surface area contributed by atoms with Gasteiger partial charge in [-0.2, -0.15) is 0 Å². The number of rotatable bonds is 6. The summed E-state index contributed by atoms with van der Waals surface area (Å²) in [6, 6.07) is 13.7. The van der Waals surface area contributed by atoms with Gasteiger partial charge in [0, 0.05) is 17.9 Å². The quantitative estimate of drug-likeness (QED) is 0.567. The molecule has 0 radical (unpaired) electrons. The van der Waals surface area contributed by atoms with Crippen molar-refractivity contribution in [3.8, 4) is 0 Å². The Morgan fingerprint density at radius 1 is 1.00 bits per heavy atom. The second-order valence-electron chi connectivity index (χ2n) is 7.26. The maximum Gasteiger partial charge on any atom is 0.264 e. The van der Waals surface area contributed by atoms with Crippen LogP contribution in [-0.4, -0.2) is 37.7 Å². The first-order valence-electron chi connectivity index (χ1n) is 9.87. The first-order chi connectivity index (χ1) is 15.3. The second kappa shape index (κ2) is 9.09. The van der Waals surface area contributed by atoms with Gasteiger partial charge in [0.2, 0.25) is 5.91 Å². The standard InChI is InChI=1S/C22H20FN3O4S2/c23-15-5-11-18(12-6-15)32(29,30)25-17-9-7-16(8-10-17)24-21(27)19-3-1-13-26(19)22(28)20-4-2-14-31-20/h2,4-12,14,19,25H,1,3,13H2,(H,24,27)/t19-/m1/s1. The number of sulfonamides is 1. The molecule has 10 heteroatoms. The number of hydrogen-bond donors (Lipinski definition) is 2. The number of carbonyl (C=O) groups is 2. The van der Waals surface area contributed by atoms with Gasteiger partial charge in [-0.25, -0.2) is 12.8 Å². The van der Waals surface area contributed by atoms with Gasteiger partial charge in [0.25, 0.3) is 15.9 Å². The molecule has 0 spiro atoms. The van der Waals surface area contributed by atoms with Crippen molar-refractivity contribution in [3.63, 3.8) is 0 Å². The Bertz CT molecular complexity index is 1210. The number of benzene rings is 2. The molecular formula is C22H20FN3O4S2. The van der Waals surface area contributed by atoms with Crippen LogP contribution in [0.4, 0.5) is 15.8 Å². The topological polar surface area (TPSA) is 95.6 Å². The fourth-order valence-electron chi connectivity index (χ4n) is 3.50. The first kappa shape index (κ1) is 22.0. The average molecular weight is 474 g/mol. The monoisotopic (exact) mass is 473 g/mol. The zero-order chi connectivity index (χ0) is 22.7. The van der Waals surface area contributed by atoms with Crippen molar-refractivity contribution in [3.05, 3.63) is 76.7 Å². The number of anilines is 2. The van der Waals surface area contributed by atoms with Crippen LogP contribution < -0.4 is 10.0 Å². The molecule has 2 aromatic carbocycles. The Balaban J connectivity index is 1.40. The van der Waals surface area contributed by atoms with Crippen molar-refractivity contribution in [2.45, 2.75) is 23.8 Å². The predicted molar refractivity (Wildman–Crippen MR) is 121 cm³/mol. The molecule has 0 aliphatic carbocycles.